The average molecular weight is 433 g/mol. The summed E-state index contributed by atoms with van der Waals surface area (Å²) in [6.45, 7) is 3.32. The number of piperidine rings is 1. The Morgan fingerprint density at radius 3 is 2.90 bits per heavy atom. The molecule has 0 saturated carbocycles. The van der Waals surface area contributed by atoms with Gasteiger partial charge in [-0.05, 0) is 61.7 Å². The van der Waals surface area contributed by atoms with E-state index >= 15 is 0 Å². The molecule has 0 spiro atoms. The number of hydrogen-bond acceptors (Lipinski definition) is 6. The summed E-state index contributed by atoms with van der Waals surface area (Å²) in [6.07, 6.45) is 4.55. The van der Waals surface area contributed by atoms with E-state index in [1.807, 2.05) is 36.5 Å². The second-order valence-corrected chi connectivity index (χ2v) is 9.37. The van der Waals surface area contributed by atoms with Crippen LogP contribution >= 0.6 is 22.9 Å². The molecule has 8 heteroatoms. The van der Waals surface area contributed by atoms with Crippen LogP contribution in [0.25, 0.3) is 5.69 Å². The number of thiophene rings is 1. The summed E-state index contributed by atoms with van der Waals surface area (Å²) in [5, 5.41) is 21.8. The second-order valence-electron chi connectivity index (χ2n) is 7.69. The van der Waals surface area contributed by atoms with Crippen LogP contribution < -0.4 is 10.1 Å². The van der Waals surface area contributed by atoms with Gasteiger partial charge in [-0.15, -0.1) is 16.4 Å². The third kappa shape index (κ3) is 4.19. The van der Waals surface area contributed by atoms with E-state index in [0.29, 0.717) is 6.42 Å². The molecule has 29 heavy (non-hydrogen) atoms. The number of ether oxygens (including phenoxy) is 1. The number of hydrogen-bond donors (Lipinski definition) is 2. The molecule has 1 saturated heterocycles. The minimum Gasteiger partial charge on any atom is -0.497 e. The van der Waals surface area contributed by atoms with Gasteiger partial charge >= 0.3 is 0 Å². The van der Waals surface area contributed by atoms with Crippen molar-refractivity contribution in [3.8, 4) is 11.4 Å². The Hall–Kier alpha value is -1.93. The number of aliphatic hydroxyl groups excluding tert-OH is 1. The lowest BCUT2D eigenvalue weighted by molar-refractivity contribution is 0.270. The van der Waals surface area contributed by atoms with E-state index in [2.05, 4.69) is 22.6 Å². The van der Waals surface area contributed by atoms with Gasteiger partial charge in [0.15, 0.2) is 0 Å². The highest BCUT2D eigenvalue weighted by atomic mass is 35.5. The van der Waals surface area contributed by atoms with Crippen LogP contribution in [-0.4, -0.2) is 40.4 Å². The number of nitrogens with one attached hydrogen (secondary N) is 1. The van der Waals surface area contributed by atoms with Gasteiger partial charge in [-0.25, -0.2) is 4.68 Å². The molecule has 0 amide bonds. The van der Waals surface area contributed by atoms with Gasteiger partial charge < -0.3 is 15.2 Å². The summed E-state index contributed by atoms with van der Waals surface area (Å²) in [5.74, 6) is 0.812. The third-order valence-electron chi connectivity index (χ3n) is 5.64. The van der Waals surface area contributed by atoms with E-state index in [-0.39, 0.29) is 18.1 Å². The molecule has 154 valence electrons. The molecule has 2 aromatic heterocycles. The van der Waals surface area contributed by atoms with Crippen LogP contribution in [0.5, 0.6) is 5.75 Å². The number of methoxy groups -OCH3 is 1. The zero-order valence-electron chi connectivity index (χ0n) is 16.6. The van der Waals surface area contributed by atoms with Crippen LogP contribution in [0.15, 0.2) is 36.5 Å². The lowest BCUT2D eigenvalue weighted by Crippen LogP contribution is -2.40. The Labute approximate surface area is 179 Å². The highest BCUT2D eigenvalue weighted by Gasteiger charge is 2.38. The predicted octanol–water partition coefficient (Wildman–Crippen LogP) is 3.91. The first kappa shape index (κ1) is 20.3. The standard InChI is InChI=1S/C21H25ClN4O2S/c1-21(20-14(7-10-27)11-19(22)29-20)8-9-23-17(12-21)18-13-26(25-24-18)15-3-5-16(28-2)6-4-15/h3-6,11,13,17,23,27H,7-10,12H2,1-2H3/t17-,21+/m0/s1. The number of rotatable bonds is 6. The van der Waals surface area contributed by atoms with E-state index in [1.54, 1.807) is 23.1 Å². The molecular formula is C21H25ClN4O2S. The van der Waals surface area contributed by atoms with E-state index in [4.69, 9.17) is 16.3 Å². The van der Waals surface area contributed by atoms with E-state index in [1.165, 1.54) is 4.88 Å². The zero-order valence-corrected chi connectivity index (χ0v) is 18.1. The smallest absolute Gasteiger partial charge is 0.119 e. The molecule has 1 aromatic carbocycles. The topological polar surface area (TPSA) is 72.2 Å². The van der Waals surface area contributed by atoms with Gasteiger partial charge in [-0.2, -0.15) is 0 Å². The van der Waals surface area contributed by atoms with E-state index in [9.17, 15) is 5.11 Å². The van der Waals surface area contributed by atoms with Crippen molar-refractivity contribution in [2.24, 2.45) is 0 Å². The van der Waals surface area contributed by atoms with Crippen molar-refractivity contribution in [1.82, 2.24) is 20.3 Å². The van der Waals surface area contributed by atoms with Gasteiger partial charge in [0.05, 0.1) is 29.4 Å². The normalized spacial score (nSPS) is 22.0. The van der Waals surface area contributed by atoms with Gasteiger partial charge in [-0.1, -0.05) is 23.7 Å². The van der Waals surface area contributed by atoms with Crippen molar-refractivity contribution in [2.45, 2.75) is 37.6 Å². The first-order chi connectivity index (χ1) is 14.0. The first-order valence-corrected chi connectivity index (χ1v) is 10.9. The van der Waals surface area contributed by atoms with Crippen molar-refractivity contribution in [3.63, 3.8) is 0 Å². The molecular weight excluding hydrogens is 408 g/mol. The molecule has 3 aromatic rings. The highest BCUT2D eigenvalue weighted by Crippen LogP contribution is 2.45. The van der Waals surface area contributed by atoms with Gasteiger partial charge in [0.2, 0.25) is 0 Å². The summed E-state index contributed by atoms with van der Waals surface area (Å²) in [6, 6.07) is 9.87. The Balaban J connectivity index is 1.56. The van der Waals surface area contributed by atoms with Crippen molar-refractivity contribution in [3.05, 3.63) is 57.0 Å². The number of aromatic nitrogens is 3. The third-order valence-corrected chi connectivity index (χ3v) is 7.25. The minimum atomic E-state index is -0.0118. The maximum absolute atomic E-state index is 9.43. The van der Waals surface area contributed by atoms with Crippen LogP contribution in [0, 0.1) is 0 Å². The highest BCUT2D eigenvalue weighted by molar-refractivity contribution is 7.16. The van der Waals surface area contributed by atoms with Gasteiger partial charge in [0, 0.05) is 16.9 Å². The fourth-order valence-electron chi connectivity index (χ4n) is 4.07. The Bertz CT molecular complexity index is 971. The van der Waals surface area contributed by atoms with Gasteiger partial charge in [0.25, 0.3) is 0 Å². The number of halogens is 1. The number of benzene rings is 1. The molecule has 6 nitrogen and oxygen atoms in total. The molecule has 0 aliphatic carbocycles. The summed E-state index contributed by atoms with van der Waals surface area (Å²) in [7, 11) is 1.65. The van der Waals surface area contributed by atoms with Crippen LogP contribution in [0.2, 0.25) is 4.34 Å². The molecule has 3 heterocycles. The molecule has 0 bridgehead atoms. The maximum atomic E-state index is 9.43. The molecule has 0 radical (unpaired) electrons. The van der Waals surface area contributed by atoms with Crippen molar-refractivity contribution >= 4 is 22.9 Å². The Morgan fingerprint density at radius 1 is 1.38 bits per heavy atom. The summed E-state index contributed by atoms with van der Waals surface area (Å²) in [5.41, 5.74) is 3.02. The maximum Gasteiger partial charge on any atom is 0.119 e. The summed E-state index contributed by atoms with van der Waals surface area (Å²) >= 11 is 7.95. The van der Waals surface area contributed by atoms with Crippen LogP contribution in [0.4, 0.5) is 0 Å². The van der Waals surface area contributed by atoms with E-state index in [0.717, 1.165) is 46.4 Å². The summed E-state index contributed by atoms with van der Waals surface area (Å²) in [4.78, 5) is 1.28. The van der Waals surface area contributed by atoms with Crippen molar-refractivity contribution < 1.29 is 9.84 Å². The zero-order chi connectivity index (χ0) is 20.4. The monoisotopic (exact) mass is 432 g/mol. The largest absolute Gasteiger partial charge is 0.497 e. The minimum absolute atomic E-state index is 0.0118. The Morgan fingerprint density at radius 2 is 2.17 bits per heavy atom. The van der Waals surface area contributed by atoms with Crippen LogP contribution in [0.1, 0.15) is 41.9 Å². The fourth-order valence-corrected chi connectivity index (χ4v) is 5.56. The molecule has 1 aliphatic rings. The number of nitrogens with zero attached hydrogens (tertiary/aromatic N) is 3. The molecule has 1 fully saturated rings. The van der Waals surface area contributed by atoms with E-state index < -0.39 is 0 Å². The SMILES string of the molecule is COc1ccc(-n2cc([C@@H]3C[C@](C)(c4sc(Cl)cc4CCO)CCN3)nn2)cc1. The lowest BCUT2D eigenvalue weighted by Gasteiger charge is -2.38. The van der Waals surface area contributed by atoms with Crippen LogP contribution in [0.3, 0.4) is 0 Å². The van der Waals surface area contributed by atoms with Crippen molar-refractivity contribution in [1.29, 1.82) is 0 Å². The molecule has 2 N–H and O–H groups in total. The molecule has 2 atom stereocenters. The molecule has 1 aliphatic heterocycles. The first-order valence-electron chi connectivity index (χ1n) is 9.72. The number of aliphatic hydroxyl groups is 1. The fraction of sp³-hybridized carbons (Fsp3) is 0.429. The van der Waals surface area contributed by atoms with Gasteiger partial charge in [0.1, 0.15) is 11.4 Å². The second kappa shape index (κ2) is 8.44. The van der Waals surface area contributed by atoms with Gasteiger partial charge in [-0.3, -0.25) is 0 Å². The average Bonchev–Trinajstić information content (AvgIpc) is 3.36. The quantitative estimate of drug-likeness (QED) is 0.617. The van der Waals surface area contributed by atoms with Crippen LogP contribution in [-0.2, 0) is 11.8 Å². The Kier molecular flexibility index (Phi) is 5.92. The lowest BCUT2D eigenvalue weighted by atomic mass is 9.74. The predicted molar refractivity (Wildman–Crippen MR) is 115 cm³/mol. The van der Waals surface area contributed by atoms with Crippen molar-refractivity contribution in [2.75, 3.05) is 20.3 Å². The molecule has 4 rings (SSSR count). The molecule has 0 unspecified atom stereocenters. The summed E-state index contributed by atoms with van der Waals surface area (Å²) < 4.78 is 7.80.